The predicted octanol–water partition coefficient (Wildman–Crippen LogP) is 3.49. The summed E-state index contributed by atoms with van der Waals surface area (Å²) >= 11 is 0. The number of imidazole rings is 1. The third kappa shape index (κ3) is 2.73. The van der Waals surface area contributed by atoms with E-state index in [1.54, 1.807) is 0 Å². The molecule has 108 valence electrons. The Labute approximate surface area is 121 Å². The van der Waals surface area contributed by atoms with Gasteiger partial charge in [-0.1, -0.05) is 38.3 Å². The Balaban J connectivity index is 1.61. The number of aromatic nitrogens is 2. The molecule has 1 heterocycles. The van der Waals surface area contributed by atoms with Crippen molar-refractivity contribution < 1.29 is 0 Å². The van der Waals surface area contributed by atoms with Crippen LogP contribution in [0.15, 0.2) is 24.3 Å². The Morgan fingerprint density at radius 3 is 2.85 bits per heavy atom. The summed E-state index contributed by atoms with van der Waals surface area (Å²) in [5.41, 5.74) is 2.31. The average molecular weight is 271 g/mol. The number of fused-ring (bicyclic) bond motifs is 1. The topological polar surface area (TPSA) is 29.9 Å². The molecule has 1 N–H and O–H groups in total. The first-order valence-electron chi connectivity index (χ1n) is 7.87. The highest BCUT2D eigenvalue weighted by atomic mass is 15.1. The zero-order valence-corrected chi connectivity index (χ0v) is 12.6. The SMILES string of the molecule is CC1CCCCC1CNCc1nc2ccccc2n1C. The molecule has 0 amide bonds. The van der Waals surface area contributed by atoms with Gasteiger partial charge in [0.15, 0.2) is 0 Å². The zero-order valence-electron chi connectivity index (χ0n) is 12.6. The molecule has 1 fully saturated rings. The lowest BCUT2D eigenvalue weighted by atomic mass is 9.80. The summed E-state index contributed by atoms with van der Waals surface area (Å²) in [7, 11) is 2.11. The minimum absolute atomic E-state index is 0.846. The molecule has 1 saturated carbocycles. The minimum Gasteiger partial charge on any atom is -0.330 e. The summed E-state index contributed by atoms with van der Waals surface area (Å²) in [6, 6.07) is 8.35. The number of aryl methyl sites for hydroxylation is 1. The van der Waals surface area contributed by atoms with Crippen molar-refractivity contribution in [3.05, 3.63) is 30.1 Å². The summed E-state index contributed by atoms with van der Waals surface area (Å²) < 4.78 is 2.20. The molecule has 1 aromatic heterocycles. The molecule has 3 nitrogen and oxygen atoms in total. The van der Waals surface area contributed by atoms with Crippen LogP contribution in [0.4, 0.5) is 0 Å². The van der Waals surface area contributed by atoms with E-state index in [4.69, 9.17) is 4.98 Å². The van der Waals surface area contributed by atoms with Crippen molar-refractivity contribution in [2.75, 3.05) is 6.54 Å². The van der Waals surface area contributed by atoms with Gasteiger partial charge in [0, 0.05) is 7.05 Å². The van der Waals surface area contributed by atoms with Gasteiger partial charge in [-0.3, -0.25) is 0 Å². The van der Waals surface area contributed by atoms with Gasteiger partial charge < -0.3 is 9.88 Å². The Morgan fingerprint density at radius 2 is 2.05 bits per heavy atom. The molecular weight excluding hydrogens is 246 g/mol. The van der Waals surface area contributed by atoms with Gasteiger partial charge in [-0.05, 0) is 36.9 Å². The van der Waals surface area contributed by atoms with Gasteiger partial charge in [0.05, 0.1) is 17.6 Å². The van der Waals surface area contributed by atoms with Crippen LogP contribution in [0.25, 0.3) is 11.0 Å². The molecule has 3 heteroatoms. The van der Waals surface area contributed by atoms with E-state index in [0.717, 1.165) is 36.3 Å². The molecule has 1 aromatic carbocycles. The minimum atomic E-state index is 0.846. The first kappa shape index (κ1) is 13.6. The molecule has 0 saturated heterocycles. The van der Waals surface area contributed by atoms with Crippen molar-refractivity contribution in [2.24, 2.45) is 18.9 Å². The van der Waals surface area contributed by atoms with Gasteiger partial charge in [0.2, 0.25) is 0 Å². The second-order valence-corrected chi connectivity index (χ2v) is 6.23. The van der Waals surface area contributed by atoms with Crippen molar-refractivity contribution in [2.45, 2.75) is 39.2 Å². The zero-order chi connectivity index (χ0) is 13.9. The molecule has 2 atom stereocenters. The molecule has 0 bridgehead atoms. The van der Waals surface area contributed by atoms with Crippen LogP contribution in [-0.2, 0) is 13.6 Å². The molecule has 0 spiro atoms. The molecule has 0 radical (unpaired) electrons. The van der Waals surface area contributed by atoms with Crippen molar-refractivity contribution in [3.8, 4) is 0 Å². The van der Waals surface area contributed by atoms with Crippen molar-refractivity contribution >= 4 is 11.0 Å². The maximum absolute atomic E-state index is 4.71. The average Bonchev–Trinajstić information content (AvgIpc) is 2.78. The number of nitrogens with zero attached hydrogens (tertiary/aromatic N) is 2. The van der Waals surface area contributed by atoms with E-state index in [2.05, 4.69) is 48.1 Å². The van der Waals surface area contributed by atoms with Gasteiger partial charge in [0.1, 0.15) is 5.82 Å². The quantitative estimate of drug-likeness (QED) is 0.922. The second kappa shape index (κ2) is 5.96. The highest BCUT2D eigenvalue weighted by Gasteiger charge is 2.20. The van der Waals surface area contributed by atoms with Crippen LogP contribution in [0.5, 0.6) is 0 Å². The summed E-state index contributed by atoms with van der Waals surface area (Å²) in [6.45, 7) is 4.40. The highest BCUT2D eigenvalue weighted by molar-refractivity contribution is 5.75. The second-order valence-electron chi connectivity index (χ2n) is 6.23. The van der Waals surface area contributed by atoms with Crippen LogP contribution in [0.3, 0.4) is 0 Å². The fourth-order valence-electron chi connectivity index (χ4n) is 3.42. The molecule has 0 aliphatic heterocycles. The maximum Gasteiger partial charge on any atom is 0.123 e. The third-order valence-corrected chi connectivity index (χ3v) is 4.86. The van der Waals surface area contributed by atoms with Crippen LogP contribution < -0.4 is 5.32 Å². The molecule has 3 rings (SSSR count). The largest absolute Gasteiger partial charge is 0.330 e. The predicted molar refractivity (Wildman–Crippen MR) is 83.5 cm³/mol. The van der Waals surface area contributed by atoms with E-state index in [-0.39, 0.29) is 0 Å². The molecule has 20 heavy (non-hydrogen) atoms. The number of hydrogen-bond donors (Lipinski definition) is 1. The van der Waals surface area contributed by atoms with Gasteiger partial charge in [-0.2, -0.15) is 0 Å². The molecule has 1 aliphatic carbocycles. The monoisotopic (exact) mass is 271 g/mol. The van der Waals surface area contributed by atoms with Crippen LogP contribution >= 0.6 is 0 Å². The lowest BCUT2D eigenvalue weighted by Gasteiger charge is -2.28. The van der Waals surface area contributed by atoms with Gasteiger partial charge in [0.25, 0.3) is 0 Å². The Kier molecular flexibility index (Phi) is 4.06. The van der Waals surface area contributed by atoms with Crippen LogP contribution in [0, 0.1) is 11.8 Å². The maximum atomic E-state index is 4.71. The van der Waals surface area contributed by atoms with Crippen molar-refractivity contribution in [1.29, 1.82) is 0 Å². The number of nitrogens with one attached hydrogen (secondary N) is 1. The Hall–Kier alpha value is -1.35. The first-order chi connectivity index (χ1) is 9.75. The van der Waals surface area contributed by atoms with Crippen molar-refractivity contribution in [3.63, 3.8) is 0 Å². The van der Waals surface area contributed by atoms with E-state index in [9.17, 15) is 0 Å². The summed E-state index contributed by atoms with van der Waals surface area (Å²) in [4.78, 5) is 4.71. The molecule has 1 aliphatic rings. The van der Waals surface area contributed by atoms with E-state index in [0.29, 0.717) is 0 Å². The highest BCUT2D eigenvalue weighted by Crippen LogP contribution is 2.28. The number of hydrogen-bond acceptors (Lipinski definition) is 2. The van der Waals surface area contributed by atoms with E-state index in [1.165, 1.54) is 31.2 Å². The van der Waals surface area contributed by atoms with Crippen LogP contribution in [0.1, 0.15) is 38.4 Å². The van der Waals surface area contributed by atoms with Crippen LogP contribution in [0.2, 0.25) is 0 Å². The van der Waals surface area contributed by atoms with Gasteiger partial charge in [-0.25, -0.2) is 4.98 Å². The Morgan fingerprint density at radius 1 is 1.25 bits per heavy atom. The first-order valence-corrected chi connectivity index (χ1v) is 7.87. The van der Waals surface area contributed by atoms with Crippen molar-refractivity contribution in [1.82, 2.24) is 14.9 Å². The summed E-state index contributed by atoms with van der Waals surface area (Å²) in [6.07, 6.45) is 5.61. The normalized spacial score (nSPS) is 23.3. The smallest absolute Gasteiger partial charge is 0.123 e. The summed E-state index contributed by atoms with van der Waals surface area (Å²) in [5.74, 6) is 2.85. The standard InChI is InChI=1S/C17H25N3/c1-13-7-3-4-8-14(13)11-18-12-17-19-15-9-5-6-10-16(15)20(17)2/h5-6,9-10,13-14,18H,3-4,7-8,11-12H2,1-2H3. The fourth-order valence-corrected chi connectivity index (χ4v) is 3.42. The third-order valence-electron chi connectivity index (χ3n) is 4.86. The number of benzene rings is 1. The Bertz CT molecular complexity index is 573. The van der Waals surface area contributed by atoms with Gasteiger partial charge in [-0.15, -0.1) is 0 Å². The molecule has 2 aromatic rings. The fraction of sp³-hybridized carbons (Fsp3) is 0.588. The lowest BCUT2D eigenvalue weighted by Crippen LogP contribution is -2.29. The molecular formula is C17H25N3. The van der Waals surface area contributed by atoms with E-state index in [1.807, 2.05) is 0 Å². The van der Waals surface area contributed by atoms with E-state index < -0.39 is 0 Å². The van der Waals surface area contributed by atoms with E-state index >= 15 is 0 Å². The lowest BCUT2D eigenvalue weighted by molar-refractivity contribution is 0.247. The summed E-state index contributed by atoms with van der Waals surface area (Å²) in [5, 5.41) is 3.62. The number of rotatable bonds is 4. The van der Waals surface area contributed by atoms with Gasteiger partial charge >= 0.3 is 0 Å². The van der Waals surface area contributed by atoms with Crippen LogP contribution in [-0.4, -0.2) is 16.1 Å². The number of para-hydroxylation sites is 2. The molecule has 2 unspecified atom stereocenters.